The number of anilines is 2. The van der Waals surface area contributed by atoms with Gasteiger partial charge in [-0.3, -0.25) is 14.5 Å². The number of carbonyl (C=O) groups is 2. The number of carbonyl (C=O) groups excluding carboxylic acids is 2. The first-order valence-electron chi connectivity index (χ1n) is 8.87. The summed E-state index contributed by atoms with van der Waals surface area (Å²) in [7, 11) is 5.60. The minimum atomic E-state index is -0.192. The number of aliphatic imine (C=N–C) groups is 1. The Kier molecular flexibility index (Phi) is 6.61. The van der Waals surface area contributed by atoms with Gasteiger partial charge in [0.1, 0.15) is 5.70 Å². The molecule has 3 rings (SSSR count). The molecule has 0 bridgehead atoms. The van der Waals surface area contributed by atoms with Crippen LogP contribution in [0, 0.1) is 0 Å². The lowest BCUT2D eigenvalue weighted by molar-refractivity contribution is -0.121. The molecule has 1 N–H and O–H groups in total. The van der Waals surface area contributed by atoms with E-state index in [9.17, 15) is 9.59 Å². The quantitative estimate of drug-likeness (QED) is 0.732. The molecule has 1 aliphatic rings. The van der Waals surface area contributed by atoms with Gasteiger partial charge in [0.2, 0.25) is 5.91 Å². The second-order valence-corrected chi connectivity index (χ2v) is 8.00. The van der Waals surface area contributed by atoms with Gasteiger partial charge < -0.3 is 10.2 Å². The number of thioether (sulfide) groups is 1. The van der Waals surface area contributed by atoms with Crippen molar-refractivity contribution in [3.8, 4) is 0 Å². The Hall–Kier alpha value is -2.77. The van der Waals surface area contributed by atoms with Crippen LogP contribution < -0.4 is 10.2 Å². The molecule has 0 aliphatic carbocycles. The number of benzene rings is 2. The van der Waals surface area contributed by atoms with Crippen molar-refractivity contribution in [3.63, 3.8) is 0 Å². The molecule has 2 aromatic rings. The third kappa shape index (κ3) is 5.40. The average molecular weight is 429 g/mol. The molecule has 150 valence electrons. The zero-order valence-corrected chi connectivity index (χ0v) is 17.9. The number of nitrogens with zero attached hydrogens (tertiary/aromatic N) is 3. The highest BCUT2D eigenvalue weighted by Gasteiger charge is 2.27. The van der Waals surface area contributed by atoms with Crippen molar-refractivity contribution < 1.29 is 9.59 Å². The molecule has 0 radical (unpaired) electrons. The highest BCUT2D eigenvalue weighted by atomic mass is 35.5. The summed E-state index contributed by atoms with van der Waals surface area (Å²) in [6.07, 6.45) is 1.75. The first kappa shape index (κ1) is 21.0. The minimum Gasteiger partial charge on any atom is -0.378 e. The summed E-state index contributed by atoms with van der Waals surface area (Å²) in [5.41, 5.74) is 2.99. The molecular formula is C21H21ClN4O2S. The van der Waals surface area contributed by atoms with E-state index in [1.807, 2.05) is 43.3 Å². The molecule has 1 heterocycles. The highest BCUT2D eigenvalue weighted by molar-refractivity contribution is 8.14. The fourth-order valence-electron chi connectivity index (χ4n) is 2.59. The Morgan fingerprint density at radius 2 is 1.83 bits per heavy atom. The summed E-state index contributed by atoms with van der Waals surface area (Å²) in [6.45, 7) is 0. The summed E-state index contributed by atoms with van der Waals surface area (Å²) in [4.78, 5) is 32.5. The van der Waals surface area contributed by atoms with Gasteiger partial charge in [0.25, 0.3) is 5.91 Å². The van der Waals surface area contributed by atoms with Gasteiger partial charge >= 0.3 is 0 Å². The van der Waals surface area contributed by atoms with Gasteiger partial charge in [-0.1, -0.05) is 35.5 Å². The van der Waals surface area contributed by atoms with Crippen LogP contribution in [0.25, 0.3) is 6.08 Å². The summed E-state index contributed by atoms with van der Waals surface area (Å²) in [6, 6.07) is 14.7. The van der Waals surface area contributed by atoms with Crippen LogP contribution in [0.4, 0.5) is 11.4 Å². The molecule has 0 aromatic heterocycles. The number of amidine groups is 1. The van der Waals surface area contributed by atoms with Crippen LogP contribution in [-0.4, -0.2) is 48.8 Å². The van der Waals surface area contributed by atoms with Gasteiger partial charge in [0.15, 0.2) is 5.17 Å². The topological polar surface area (TPSA) is 65.0 Å². The first-order chi connectivity index (χ1) is 13.8. The molecule has 0 saturated carbocycles. The molecular weight excluding hydrogens is 408 g/mol. The lowest BCUT2D eigenvalue weighted by atomic mass is 10.1. The van der Waals surface area contributed by atoms with Gasteiger partial charge in [-0.2, -0.15) is 0 Å². The maximum atomic E-state index is 12.5. The largest absolute Gasteiger partial charge is 0.378 e. The average Bonchev–Trinajstić information content (AvgIpc) is 2.96. The molecule has 8 heteroatoms. The third-order valence-corrected chi connectivity index (χ3v) is 5.48. The van der Waals surface area contributed by atoms with E-state index >= 15 is 0 Å². The van der Waals surface area contributed by atoms with Gasteiger partial charge in [-0.05, 0) is 48.0 Å². The number of rotatable bonds is 5. The van der Waals surface area contributed by atoms with Crippen molar-refractivity contribution in [1.29, 1.82) is 0 Å². The van der Waals surface area contributed by atoms with Crippen LogP contribution in [0.15, 0.2) is 59.2 Å². The lowest BCUT2D eigenvalue weighted by Crippen LogP contribution is -2.27. The van der Waals surface area contributed by atoms with E-state index in [4.69, 9.17) is 11.6 Å². The number of hydrogen-bond donors (Lipinski definition) is 1. The monoisotopic (exact) mass is 428 g/mol. The van der Waals surface area contributed by atoms with Gasteiger partial charge in [0.05, 0.1) is 5.75 Å². The summed E-state index contributed by atoms with van der Waals surface area (Å²) >= 11 is 7.06. The standard InChI is InChI=1S/C21H21ClN4O2S/c1-25(2)17-10-4-14(5-11-17)12-18-20(28)26(3)21(24-18)29-13-19(27)23-16-8-6-15(22)7-9-16/h4-12H,13H2,1-3H3,(H,23,27). The second-order valence-electron chi connectivity index (χ2n) is 6.62. The van der Waals surface area contributed by atoms with E-state index in [-0.39, 0.29) is 17.6 Å². The van der Waals surface area contributed by atoms with Crippen LogP contribution in [0.5, 0.6) is 0 Å². The zero-order valence-electron chi connectivity index (χ0n) is 16.3. The second kappa shape index (κ2) is 9.15. The van der Waals surface area contributed by atoms with Crippen molar-refractivity contribution >= 4 is 57.8 Å². The molecule has 0 unspecified atom stereocenters. The van der Waals surface area contributed by atoms with Crippen LogP contribution in [-0.2, 0) is 9.59 Å². The van der Waals surface area contributed by atoms with Crippen molar-refractivity contribution in [2.24, 2.45) is 4.99 Å². The number of nitrogens with one attached hydrogen (secondary N) is 1. The Morgan fingerprint density at radius 1 is 1.17 bits per heavy atom. The molecule has 29 heavy (non-hydrogen) atoms. The van der Waals surface area contributed by atoms with Crippen molar-refractivity contribution in [1.82, 2.24) is 4.90 Å². The Bertz CT molecular complexity index is 969. The number of likely N-dealkylation sites (N-methyl/N-ethyl adjacent to an activating group) is 1. The lowest BCUT2D eigenvalue weighted by Gasteiger charge is -2.12. The first-order valence-corrected chi connectivity index (χ1v) is 10.2. The Labute approximate surface area is 179 Å². The van der Waals surface area contributed by atoms with E-state index in [0.29, 0.717) is 21.6 Å². The molecule has 2 aromatic carbocycles. The molecule has 1 aliphatic heterocycles. The normalized spacial score (nSPS) is 14.9. The third-order valence-electron chi connectivity index (χ3n) is 4.20. The maximum absolute atomic E-state index is 12.5. The zero-order chi connectivity index (χ0) is 21.0. The van der Waals surface area contributed by atoms with Crippen molar-refractivity contribution in [3.05, 3.63) is 64.8 Å². The van der Waals surface area contributed by atoms with E-state index in [1.54, 1.807) is 37.4 Å². The smallest absolute Gasteiger partial charge is 0.278 e. The van der Waals surface area contributed by atoms with E-state index in [2.05, 4.69) is 10.3 Å². The van der Waals surface area contributed by atoms with Crippen LogP contribution in [0.2, 0.25) is 5.02 Å². The van der Waals surface area contributed by atoms with Crippen molar-refractivity contribution in [2.45, 2.75) is 0 Å². The van der Waals surface area contributed by atoms with Crippen LogP contribution >= 0.6 is 23.4 Å². The predicted octanol–water partition coefficient (Wildman–Crippen LogP) is 3.95. The van der Waals surface area contributed by atoms with Gasteiger partial charge in [-0.15, -0.1) is 0 Å². The van der Waals surface area contributed by atoms with Crippen LogP contribution in [0.1, 0.15) is 5.56 Å². The molecule has 0 spiro atoms. The minimum absolute atomic E-state index is 0.143. The van der Waals surface area contributed by atoms with E-state index < -0.39 is 0 Å². The highest BCUT2D eigenvalue weighted by Crippen LogP contribution is 2.23. The Morgan fingerprint density at radius 3 is 2.45 bits per heavy atom. The summed E-state index contributed by atoms with van der Waals surface area (Å²) in [5, 5.41) is 3.89. The predicted molar refractivity (Wildman–Crippen MR) is 121 cm³/mol. The fraction of sp³-hybridized carbons (Fsp3) is 0.190. The number of amides is 2. The maximum Gasteiger partial charge on any atom is 0.278 e. The van der Waals surface area contributed by atoms with E-state index in [1.165, 1.54) is 16.7 Å². The molecule has 0 fully saturated rings. The van der Waals surface area contributed by atoms with Gasteiger partial charge in [-0.25, -0.2) is 4.99 Å². The fourth-order valence-corrected chi connectivity index (χ4v) is 3.49. The van der Waals surface area contributed by atoms with Crippen LogP contribution in [0.3, 0.4) is 0 Å². The molecule has 0 atom stereocenters. The number of halogens is 1. The summed E-state index contributed by atoms with van der Waals surface area (Å²) < 4.78 is 0. The number of hydrogen-bond acceptors (Lipinski definition) is 5. The van der Waals surface area contributed by atoms with Gasteiger partial charge in [0, 0.05) is 37.5 Å². The Balaban J connectivity index is 1.64. The van der Waals surface area contributed by atoms with Crippen molar-refractivity contribution in [2.75, 3.05) is 37.1 Å². The molecule has 0 saturated heterocycles. The van der Waals surface area contributed by atoms with E-state index in [0.717, 1.165) is 11.3 Å². The molecule has 2 amide bonds. The SMILES string of the molecule is CN1C(=O)C(=Cc2ccc(N(C)C)cc2)N=C1SCC(=O)Nc1ccc(Cl)cc1. The summed E-state index contributed by atoms with van der Waals surface area (Å²) in [5.74, 6) is -0.232. The molecule has 6 nitrogen and oxygen atoms in total.